The van der Waals surface area contributed by atoms with Gasteiger partial charge in [0, 0.05) is 5.56 Å². The normalized spacial score (nSPS) is 13.6. The second-order valence-corrected chi connectivity index (χ2v) is 8.68. The second-order valence-electron chi connectivity index (χ2n) is 8.68. The van der Waals surface area contributed by atoms with Crippen molar-refractivity contribution in [2.45, 2.75) is 52.1 Å². The molecule has 2 aromatic carbocycles. The number of quaternary nitrogens is 1. The molecule has 2 aromatic rings. The number of hydrogen-bond acceptors (Lipinski definition) is 2. The van der Waals surface area contributed by atoms with Gasteiger partial charge in [0.1, 0.15) is 6.54 Å². The van der Waals surface area contributed by atoms with Crippen LogP contribution in [0.4, 0.5) is 0 Å². The zero-order chi connectivity index (χ0) is 20.7. The average molecular weight is 382 g/mol. The molecule has 0 heterocycles. The lowest BCUT2D eigenvalue weighted by molar-refractivity contribution is -0.885. The molecule has 0 saturated carbocycles. The molecule has 0 saturated heterocycles. The molecule has 0 aliphatic heterocycles. The first-order valence-corrected chi connectivity index (χ1v) is 9.89. The topological polar surface area (TPSA) is 50.6 Å². The van der Waals surface area contributed by atoms with Crippen molar-refractivity contribution < 1.29 is 14.5 Å². The average Bonchev–Trinajstić information content (AvgIpc) is 2.61. The Morgan fingerprint density at radius 2 is 1.57 bits per heavy atom. The Kier molecular flexibility index (Phi) is 7.53. The molecule has 0 fully saturated rings. The van der Waals surface area contributed by atoms with E-state index >= 15 is 0 Å². The molecular weight excluding hydrogens is 348 g/mol. The molecule has 0 spiro atoms. The first-order chi connectivity index (χ1) is 13.1. The zero-order valence-electron chi connectivity index (χ0n) is 17.7. The van der Waals surface area contributed by atoms with Gasteiger partial charge in [0.15, 0.2) is 12.3 Å². The maximum absolute atomic E-state index is 12.5. The summed E-state index contributed by atoms with van der Waals surface area (Å²) in [5.41, 5.74) is 3.68. The first-order valence-electron chi connectivity index (χ1n) is 9.89. The minimum absolute atomic E-state index is 0.0207. The van der Waals surface area contributed by atoms with E-state index in [4.69, 9.17) is 0 Å². The summed E-state index contributed by atoms with van der Waals surface area (Å²) in [5, 5.41) is 2.90. The third-order valence-corrected chi connectivity index (χ3v) is 4.90. The smallest absolute Gasteiger partial charge is 0.275 e. The third kappa shape index (κ3) is 6.93. The Labute approximate surface area is 169 Å². The molecular formula is C24H33N2O2+. The van der Waals surface area contributed by atoms with E-state index in [9.17, 15) is 9.59 Å². The van der Waals surface area contributed by atoms with Crippen molar-refractivity contribution in [3.8, 4) is 0 Å². The van der Waals surface area contributed by atoms with Crippen molar-refractivity contribution in [3.05, 3.63) is 71.3 Å². The summed E-state index contributed by atoms with van der Waals surface area (Å²) in [5.74, 6) is -0.118. The third-order valence-electron chi connectivity index (χ3n) is 4.90. The number of likely N-dealkylation sites (N-methyl/N-ethyl adjacent to an activating group) is 1. The molecule has 28 heavy (non-hydrogen) atoms. The molecule has 0 bridgehead atoms. The van der Waals surface area contributed by atoms with Gasteiger partial charge in [-0.3, -0.25) is 9.59 Å². The maximum atomic E-state index is 12.5. The van der Waals surface area contributed by atoms with Crippen molar-refractivity contribution in [1.29, 1.82) is 0 Å². The van der Waals surface area contributed by atoms with Gasteiger partial charge in [0.2, 0.25) is 0 Å². The lowest BCUT2D eigenvalue weighted by atomic mass is 9.87. The van der Waals surface area contributed by atoms with Gasteiger partial charge >= 0.3 is 0 Å². The van der Waals surface area contributed by atoms with Gasteiger partial charge in [-0.05, 0) is 29.9 Å². The van der Waals surface area contributed by atoms with E-state index in [-0.39, 0.29) is 17.1 Å². The van der Waals surface area contributed by atoms with Crippen LogP contribution in [0.25, 0.3) is 0 Å². The van der Waals surface area contributed by atoms with E-state index in [1.165, 1.54) is 18.1 Å². The number of hydrogen-bond donors (Lipinski definition) is 2. The number of nitrogens with one attached hydrogen (secondary N) is 2. The molecule has 150 valence electrons. The number of ketones is 1. The fourth-order valence-electron chi connectivity index (χ4n) is 3.20. The predicted octanol–water partition coefficient (Wildman–Crippen LogP) is 2.32. The van der Waals surface area contributed by atoms with E-state index in [0.717, 1.165) is 17.0 Å². The van der Waals surface area contributed by atoms with E-state index in [1.54, 1.807) is 0 Å². The van der Waals surface area contributed by atoms with Gasteiger partial charge in [-0.2, -0.15) is 0 Å². The molecule has 4 nitrogen and oxygen atoms in total. The van der Waals surface area contributed by atoms with E-state index in [2.05, 4.69) is 50.4 Å². The highest BCUT2D eigenvalue weighted by molar-refractivity contribution is 5.88. The highest BCUT2D eigenvalue weighted by Gasteiger charge is 2.20. The largest absolute Gasteiger partial charge is 0.341 e. The number of carbonyl (C=O) groups excluding carboxylic acids is 2. The number of Topliss-reactive ketones (excluding diaryl/α,β-unsaturated/α-hetero) is 1. The van der Waals surface area contributed by atoms with Crippen LogP contribution in [0.3, 0.4) is 0 Å². The summed E-state index contributed by atoms with van der Waals surface area (Å²) in [6.07, 6.45) is 0.523. The fraction of sp³-hybridized carbons (Fsp3) is 0.417. The van der Waals surface area contributed by atoms with Crippen LogP contribution in [0.2, 0.25) is 0 Å². The van der Waals surface area contributed by atoms with Gasteiger partial charge in [0.05, 0.1) is 13.1 Å². The van der Waals surface area contributed by atoms with Crippen molar-refractivity contribution >= 4 is 11.7 Å². The molecule has 2 N–H and O–H groups in total. The first kappa shape index (κ1) is 21.8. The fourth-order valence-corrected chi connectivity index (χ4v) is 3.20. The lowest BCUT2D eigenvalue weighted by Crippen LogP contribution is -3.09. The molecule has 0 aromatic heterocycles. The molecule has 0 aliphatic carbocycles. The van der Waals surface area contributed by atoms with Gasteiger partial charge in [-0.15, -0.1) is 0 Å². The molecule has 2 rings (SSSR count). The minimum Gasteiger partial charge on any atom is -0.341 e. The van der Waals surface area contributed by atoms with Crippen LogP contribution in [-0.2, 0) is 28.0 Å². The Bertz CT molecular complexity index is 777. The van der Waals surface area contributed by atoms with Crippen LogP contribution in [0, 0.1) is 0 Å². The summed E-state index contributed by atoms with van der Waals surface area (Å²) in [6.45, 7) is 9.22. The Morgan fingerprint density at radius 1 is 0.964 bits per heavy atom. The molecule has 1 unspecified atom stereocenters. The summed E-state index contributed by atoms with van der Waals surface area (Å²) in [7, 11) is 2.00. The summed E-state index contributed by atoms with van der Waals surface area (Å²) < 4.78 is 0. The quantitative estimate of drug-likeness (QED) is 0.737. The molecule has 2 atom stereocenters. The number of amides is 1. The number of rotatable bonds is 8. The van der Waals surface area contributed by atoms with E-state index in [1.807, 2.05) is 37.4 Å². The molecule has 0 aliphatic rings. The van der Waals surface area contributed by atoms with Crippen LogP contribution in [-0.4, -0.2) is 31.3 Å². The lowest BCUT2D eigenvalue weighted by Gasteiger charge is -2.20. The highest BCUT2D eigenvalue weighted by Crippen LogP contribution is 2.21. The van der Waals surface area contributed by atoms with Crippen molar-refractivity contribution in [1.82, 2.24) is 5.32 Å². The summed E-state index contributed by atoms with van der Waals surface area (Å²) in [4.78, 5) is 25.5. The standard InChI is InChI=1S/C24H32N2O2/c1-18(27)22(15-19-9-7-6-8-10-19)25-23(28)17-26(5)16-20-11-13-21(14-12-20)24(2,3)4/h6-14,22H,15-17H2,1-5H3,(H,25,28)/p+1/t22-/m0/s1. The van der Waals surface area contributed by atoms with Crippen LogP contribution < -0.4 is 10.2 Å². The van der Waals surface area contributed by atoms with Crippen molar-refractivity contribution in [2.75, 3.05) is 13.6 Å². The van der Waals surface area contributed by atoms with Crippen molar-refractivity contribution in [3.63, 3.8) is 0 Å². The van der Waals surface area contributed by atoms with Crippen LogP contribution >= 0.6 is 0 Å². The Hall–Kier alpha value is -2.46. The molecule has 1 amide bonds. The number of benzene rings is 2. The summed E-state index contributed by atoms with van der Waals surface area (Å²) >= 11 is 0. The van der Waals surface area contributed by atoms with E-state index < -0.39 is 6.04 Å². The Morgan fingerprint density at radius 3 is 2.11 bits per heavy atom. The minimum atomic E-state index is -0.478. The maximum Gasteiger partial charge on any atom is 0.275 e. The second kappa shape index (κ2) is 9.65. The van der Waals surface area contributed by atoms with Crippen LogP contribution in [0.15, 0.2) is 54.6 Å². The van der Waals surface area contributed by atoms with Gasteiger partial charge < -0.3 is 10.2 Å². The zero-order valence-corrected chi connectivity index (χ0v) is 17.7. The van der Waals surface area contributed by atoms with Crippen molar-refractivity contribution in [2.24, 2.45) is 0 Å². The Balaban J connectivity index is 1.89. The van der Waals surface area contributed by atoms with Gasteiger partial charge in [-0.1, -0.05) is 75.4 Å². The SMILES string of the molecule is CC(=O)[C@H](Cc1ccccc1)NC(=O)C[NH+](C)Cc1ccc(C(C)(C)C)cc1. The summed E-state index contributed by atoms with van der Waals surface area (Å²) in [6, 6.07) is 17.9. The molecule has 0 radical (unpaired) electrons. The van der Waals surface area contributed by atoms with E-state index in [0.29, 0.717) is 13.0 Å². The van der Waals surface area contributed by atoms with Crippen LogP contribution in [0.5, 0.6) is 0 Å². The number of carbonyl (C=O) groups is 2. The highest BCUT2D eigenvalue weighted by atomic mass is 16.2. The predicted molar refractivity (Wildman–Crippen MR) is 113 cm³/mol. The molecule has 4 heteroatoms. The van der Waals surface area contributed by atoms with Gasteiger partial charge in [0.25, 0.3) is 5.91 Å². The monoisotopic (exact) mass is 381 g/mol. The van der Waals surface area contributed by atoms with Crippen LogP contribution in [0.1, 0.15) is 44.4 Å². The van der Waals surface area contributed by atoms with Gasteiger partial charge in [-0.25, -0.2) is 0 Å².